The third-order valence-corrected chi connectivity index (χ3v) is 4.29. The van der Waals surface area contributed by atoms with Crippen LogP contribution in [0.15, 0.2) is 10.3 Å². The second kappa shape index (κ2) is 5.03. The molecule has 74 valence electrons. The van der Waals surface area contributed by atoms with E-state index in [1.165, 1.54) is 14.6 Å². The van der Waals surface area contributed by atoms with Gasteiger partial charge in [-0.05, 0) is 36.8 Å². The average molecular weight is 215 g/mol. The summed E-state index contributed by atoms with van der Waals surface area (Å²) in [6.07, 6.45) is 3.15. The van der Waals surface area contributed by atoms with E-state index in [0.717, 1.165) is 13.0 Å². The van der Waals surface area contributed by atoms with E-state index in [2.05, 4.69) is 26.2 Å². The summed E-state index contributed by atoms with van der Waals surface area (Å²) in [5.41, 5.74) is 7.07. The van der Waals surface area contributed by atoms with Gasteiger partial charge in [-0.25, -0.2) is 0 Å². The standard InChI is InChI=1S/C10H17NS2/c1-7(2)8-6-10(12-3)13-9(8)4-5-11/h6-7H,4-5,11H2,1-3H3. The molecular weight excluding hydrogens is 198 g/mol. The summed E-state index contributed by atoms with van der Waals surface area (Å²) in [6.45, 7) is 5.24. The Morgan fingerprint density at radius 3 is 2.69 bits per heavy atom. The van der Waals surface area contributed by atoms with Crippen molar-refractivity contribution in [3.63, 3.8) is 0 Å². The summed E-state index contributed by atoms with van der Waals surface area (Å²) in [5, 5.41) is 0. The SMILES string of the molecule is CSc1cc(C(C)C)c(CCN)s1. The summed E-state index contributed by atoms with van der Waals surface area (Å²) >= 11 is 3.72. The number of nitrogens with two attached hydrogens (primary N) is 1. The number of rotatable bonds is 4. The number of hydrogen-bond donors (Lipinski definition) is 1. The first-order valence-corrected chi connectivity index (χ1v) is 6.59. The molecule has 3 heteroatoms. The van der Waals surface area contributed by atoms with Crippen molar-refractivity contribution in [2.75, 3.05) is 12.8 Å². The van der Waals surface area contributed by atoms with Gasteiger partial charge in [0.25, 0.3) is 0 Å². The first kappa shape index (κ1) is 11.1. The molecule has 0 amide bonds. The lowest BCUT2D eigenvalue weighted by atomic mass is 10.0. The zero-order chi connectivity index (χ0) is 9.84. The molecule has 0 unspecified atom stereocenters. The topological polar surface area (TPSA) is 26.0 Å². The lowest BCUT2D eigenvalue weighted by Gasteiger charge is -2.04. The third kappa shape index (κ3) is 2.73. The van der Waals surface area contributed by atoms with E-state index in [4.69, 9.17) is 5.73 Å². The quantitative estimate of drug-likeness (QED) is 0.781. The number of hydrogen-bond acceptors (Lipinski definition) is 3. The van der Waals surface area contributed by atoms with Crippen molar-refractivity contribution >= 4 is 23.1 Å². The van der Waals surface area contributed by atoms with Crippen LogP contribution in [0.3, 0.4) is 0 Å². The van der Waals surface area contributed by atoms with Gasteiger partial charge in [0.2, 0.25) is 0 Å². The highest BCUT2D eigenvalue weighted by molar-refractivity contribution is 8.00. The largest absolute Gasteiger partial charge is 0.330 e. The Labute approximate surface area is 88.7 Å². The molecular formula is C10H17NS2. The second-order valence-corrected chi connectivity index (χ2v) is 5.58. The number of thiophene rings is 1. The maximum Gasteiger partial charge on any atom is 0.0601 e. The highest BCUT2D eigenvalue weighted by Gasteiger charge is 2.10. The van der Waals surface area contributed by atoms with Gasteiger partial charge in [-0.3, -0.25) is 0 Å². The maximum absolute atomic E-state index is 5.58. The molecule has 0 aromatic carbocycles. The molecule has 0 saturated carbocycles. The molecule has 1 rings (SSSR count). The fourth-order valence-electron chi connectivity index (χ4n) is 1.33. The van der Waals surface area contributed by atoms with Gasteiger partial charge in [-0.2, -0.15) is 0 Å². The van der Waals surface area contributed by atoms with Gasteiger partial charge in [-0.1, -0.05) is 13.8 Å². The van der Waals surface area contributed by atoms with Crippen molar-refractivity contribution in [2.45, 2.75) is 30.4 Å². The minimum atomic E-state index is 0.624. The summed E-state index contributed by atoms with van der Waals surface area (Å²) in [7, 11) is 0. The van der Waals surface area contributed by atoms with Gasteiger partial charge < -0.3 is 5.73 Å². The molecule has 0 fully saturated rings. The molecule has 1 aromatic heterocycles. The van der Waals surface area contributed by atoms with Crippen molar-refractivity contribution in [3.05, 3.63) is 16.5 Å². The highest BCUT2D eigenvalue weighted by atomic mass is 32.2. The van der Waals surface area contributed by atoms with E-state index >= 15 is 0 Å². The van der Waals surface area contributed by atoms with Gasteiger partial charge in [0, 0.05) is 4.88 Å². The molecule has 0 bridgehead atoms. The fourth-order valence-corrected chi connectivity index (χ4v) is 3.27. The Balaban J connectivity index is 2.93. The monoisotopic (exact) mass is 215 g/mol. The van der Waals surface area contributed by atoms with E-state index in [1.807, 2.05) is 23.1 Å². The van der Waals surface area contributed by atoms with Gasteiger partial charge in [0.05, 0.1) is 4.21 Å². The van der Waals surface area contributed by atoms with Crippen LogP contribution in [0.4, 0.5) is 0 Å². The van der Waals surface area contributed by atoms with Crippen molar-refractivity contribution < 1.29 is 0 Å². The minimum absolute atomic E-state index is 0.624. The predicted octanol–water partition coefficient (Wildman–Crippen LogP) is 3.09. The molecule has 0 aliphatic rings. The summed E-state index contributed by atoms with van der Waals surface area (Å²) < 4.78 is 1.41. The maximum atomic E-state index is 5.58. The lowest BCUT2D eigenvalue weighted by Crippen LogP contribution is -2.03. The molecule has 0 spiro atoms. The normalized spacial score (nSPS) is 11.2. The molecule has 1 nitrogen and oxygen atoms in total. The van der Waals surface area contributed by atoms with Crippen LogP contribution in [0.5, 0.6) is 0 Å². The third-order valence-electron chi connectivity index (χ3n) is 2.01. The van der Waals surface area contributed by atoms with Crippen LogP contribution < -0.4 is 5.73 Å². The van der Waals surface area contributed by atoms with E-state index in [9.17, 15) is 0 Å². The van der Waals surface area contributed by atoms with Crippen LogP contribution in [0, 0.1) is 0 Å². The first-order valence-electron chi connectivity index (χ1n) is 4.55. The Kier molecular flexibility index (Phi) is 4.29. The molecule has 13 heavy (non-hydrogen) atoms. The van der Waals surface area contributed by atoms with Gasteiger partial charge in [0.1, 0.15) is 0 Å². The first-order chi connectivity index (χ1) is 6.19. The van der Waals surface area contributed by atoms with Crippen molar-refractivity contribution in [3.8, 4) is 0 Å². The van der Waals surface area contributed by atoms with Crippen LogP contribution >= 0.6 is 23.1 Å². The molecule has 0 atom stereocenters. The Morgan fingerprint density at radius 2 is 2.23 bits per heavy atom. The summed E-state index contributed by atoms with van der Waals surface area (Å²) in [5.74, 6) is 0.624. The Hall–Kier alpha value is 0.01000. The van der Waals surface area contributed by atoms with Crippen LogP contribution in [0.25, 0.3) is 0 Å². The van der Waals surface area contributed by atoms with Gasteiger partial charge in [0.15, 0.2) is 0 Å². The molecule has 2 N–H and O–H groups in total. The van der Waals surface area contributed by atoms with Crippen LogP contribution in [0.2, 0.25) is 0 Å². The second-order valence-electron chi connectivity index (χ2n) is 3.34. The molecule has 0 aliphatic heterocycles. The van der Waals surface area contributed by atoms with E-state index in [-0.39, 0.29) is 0 Å². The zero-order valence-electron chi connectivity index (χ0n) is 8.46. The Morgan fingerprint density at radius 1 is 1.54 bits per heavy atom. The van der Waals surface area contributed by atoms with Gasteiger partial charge in [-0.15, -0.1) is 23.1 Å². The number of thioether (sulfide) groups is 1. The van der Waals surface area contributed by atoms with E-state index in [0.29, 0.717) is 5.92 Å². The van der Waals surface area contributed by atoms with Crippen LogP contribution in [0.1, 0.15) is 30.2 Å². The van der Waals surface area contributed by atoms with Crippen LogP contribution in [-0.4, -0.2) is 12.8 Å². The summed E-state index contributed by atoms with van der Waals surface area (Å²) in [4.78, 5) is 1.47. The van der Waals surface area contributed by atoms with Crippen LogP contribution in [-0.2, 0) is 6.42 Å². The molecule has 0 aliphatic carbocycles. The molecule has 1 aromatic rings. The minimum Gasteiger partial charge on any atom is -0.330 e. The van der Waals surface area contributed by atoms with Gasteiger partial charge >= 0.3 is 0 Å². The van der Waals surface area contributed by atoms with Crippen molar-refractivity contribution in [2.24, 2.45) is 5.73 Å². The fraction of sp³-hybridized carbons (Fsp3) is 0.600. The van der Waals surface area contributed by atoms with Crippen molar-refractivity contribution in [1.82, 2.24) is 0 Å². The van der Waals surface area contributed by atoms with Crippen molar-refractivity contribution in [1.29, 1.82) is 0 Å². The average Bonchev–Trinajstić information content (AvgIpc) is 2.48. The van der Waals surface area contributed by atoms with E-state index in [1.54, 1.807) is 0 Å². The highest BCUT2D eigenvalue weighted by Crippen LogP contribution is 2.33. The predicted molar refractivity (Wildman–Crippen MR) is 62.9 cm³/mol. The molecule has 1 heterocycles. The zero-order valence-corrected chi connectivity index (χ0v) is 10.1. The Bertz CT molecular complexity index is 266. The molecule has 0 radical (unpaired) electrons. The lowest BCUT2D eigenvalue weighted by molar-refractivity contribution is 0.844. The summed E-state index contributed by atoms with van der Waals surface area (Å²) in [6, 6.07) is 2.31. The smallest absolute Gasteiger partial charge is 0.0601 e. The molecule has 0 saturated heterocycles. The van der Waals surface area contributed by atoms with E-state index < -0.39 is 0 Å².